The summed E-state index contributed by atoms with van der Waals surface area (Å²) in [5, 5.41) is 5.51. The Morgan fingerprint density at radius 3 is 2.25 bits per heavy atom. The van der Waals surface area contributed by atoms with Gasteiger partial charge in [-0.05, 0) is 49.2 Å². The molecule has 0 radical (unpaired) electrons. The van der Waals surface area contributed by atoms with Crippen molar-refractivity contribution in [2.45, 2.75) is 25.7 Å². The third-order valence-corrected chi connectivity index (χ3v) is 4.68. The summed E-state index contributed by atoms with van der Waals surface area (Å²) in [5.74, 6) is 0.838. The van der Waals surface area contributed by atoms with Gasteiger partial charge in [0.25, 0.3) is 5.91 Å². The van der Waals surface area contributed by atoms with Gasteiger partial charge < -0.3 is 20.3 Å². The summed E-state index contributed by atoms with van der Waals surface area (Å²) in [7, 11) is 0. The molecule has 0 spiro atoms. The summed E-state index contributed by atoms with van der Waals surface area (Å²) >= 11 is 0. The highest BCUT2D eigenvalue weighted by Gasteiger charge is 2.17. The summed E-state index contributed by atoms with van der Waals surface area (Å²) < 4.78 is 5.53. The summed E-state index contributed by atoms with van der Waals surface area (Å²) in [6.07, 6.45) is 4.52. The summed E-state index contributed by atoms with van der Waals surface area (Å²) in [4.78, 5) is 26.5. The van der Waals surface area contributed by atoms with Crippen LogP contribution >= 0.6 is 0 Å². The number of hydrogen-bond donors (Lipinski definition) is 2. The minimum Gasteiger partial charge on any atom is -0.492 e. The van der Waals surface area contributed by atoms with Crippen molar-refractivity contribution in [3.63, 3.8) is 0 Å². The van der Waals surface area contributed by atoms with E-state index >= 15 is 0 Å². The van der Waals surface area contributed by atoms with Gasteiger partial charge in [-0.1, -0.05) is 31.0 Å². The molecule has 1 aliphatic heterocycles. The van der Waals surface area contributed by atoms with E-state index in [1.807, 2.05) is 35.2 Å². The van der Waals surface area contributed by atoms with Crippen molar-refractivity contribution < 1.29 is 14.3 Å². The van der Waals surface area contributed by atoms with Crippen molar-refractivity contribution in [1.82, 2.24) is 10.2 Å². The molecule has 28 heavy (non-hydrogen) atoms. The lowest BCUT2D eigenvalue weighted by molar-refractivity contribution is 0.0761. The number of para-hydroxylation sites is 1. The highest BCUT2D eigenvalue weighted by molar-refractivity contribution is 5.95. The monoisotopic (exact) mass is 381 g/mol. The van der Waals surface area contributed by atoms with E-state index in [0.29, 0.717) is 24.4 Å². The number of ether oxygens (including phenoxy) is 1. The number of urea groups is 1. The van der Waals surface area contributed by atoms with E-state index in [1.54, 1.807) is 24.3 Å². The molecule has 3 rings (SSSR count). The topological polar surface area (TPSA) is 70.7 Å². The third kappa shape index (κ3) is 6.01. The van der Waals surface area contributed by atoms with E-state index in [-0.39, 0.29) is 11.9 Å². The number of hydrogen-bond acceptors (Lipinski definition) is 3. The second kappa shape index (κ2) is 10.3. The fourth-order valence-electron chi connectivity index (χ4n) is 3.18. The number of anilines is 1. The molecule has 1 heterocycles. The second-order valence-corrected chi connectivity index (χ2v) is 6.83. The van der Waals surface area contributed by atoms with Crippen LogP contribution in [0.5, 0.6) is 5.75 Å². The van der Waals surface area contributed by atoms with Crippen molar-refractivity contribution in [2.75, 3.05) is 31.6 Å². The highest BCUT2D eigenvalue weighted by atomic mass is 16.5. The zero-order valence-electron chi connectivity index (χ0n) is 16.0. The van der Waals surface area contributed by atoms with E-state index in [2.05, 4.69) is 10.6 Å². The van der Waals surface area contributed by atoms with E-state index < -0.39 is 0 Å². The van der Waals surface area contributed by atoms with Crippen LogP contribution in [0.3, 0.4) is 0 Å². The Morgan fingerprint density at radius 1 is 0.893 bits per heavy atom. The fourth-order valence-corrected chi connectivity index (χ4v) is 3.18. The first kappa shape index (κ1) is 19.7. The Balaban J connectivity index is 1.41. The van der Waals surface area contributed by atoms with Crippen molar-refractivity contribution in [1.29, 1.82) is 0 Å². The van der Waals surface area contributed by atoms with Gasteiger partial charge in [-0.3, -0.25) is 4.79 Å². The lowest BCUT2D eigenvalue weighted by atomic mass is 10.1. The lowest BCUT2D eigenvalue weighted by Crippen LogP contribution is -2.32. The second-order valence-electron chi connectivity index (χ2n) is 6.83. The van der Waals surface area contributed by atoms with Gasteiger partial charge in [0.1, 0.15) is 12.4 Å². The zero-order valence-corrected chi connectivity index (χ0v) is 16.0. The first-order valence-electron chi connectivity index (χ1n) is 9.84. The number of amides is 3. The number of carbonyl (C=O) groups excluding carboxylic acids is 2. The predicted octanol–water partition coefficient (Wildman–Crippen LogP) is 3.90. The molecule has 6 heteroatoms. The average Bonchev–Trinajstić information content (AvgIpc) is 3.02. The van der Waals surface area contributed by atoms with E-state index in [0.717, 1.165) is 31.7 Å². The maximum atomic E-state index is 12.6. The summed E-state index contributed by atoms with van der Waals surface area (Å²) in [5.41, 5.74) is 1.30. The summed E-state index contributed by atoms with van der Waals surface area (Å²) in [6, 6.07) is 16.2. The minimum atomic E-state index is -0.303. The number of nitrogens with one attached hydrogen (secondary N) is 2. The minimum absolute atomic E-state index is 0.0657. The SMILES string of the molecule is O=C(NCCOc1ccccc1)Nc1ccc(C(=O)N2CCCCCC2)cc1. The third-order valence-electron chi connectivity index (χ3n) is 4.68. The summed E-state index contributed by atoms with van der Waals surface area (Å²) in [6.45, 7) is 2.44. The number of nitrogens with zero attached hydrogens (tertiary/aromatic N) is 1. The van der Waals surface area contributed by atoms with Crippen LogP contribution in [0.15, 0.2) is 54.6 Å². The number of carbonyl (C=O) groups is 2. The molecule has 0 unspecified atom stereocenters. The molecule has 2 N–H and O–H groups in total. The van der Waals surface area contributed by atoms with Crippen LogP contribution in [-0.2, 0) is 0 Å². The van der Waals surface area contributed by atoms with Crippen LogP contribution < -0.4 is 15.4 Å². The van der Waals surface area contributed by atoms with E-state index in [9.17, 15) is 9.59 Å². The Kier molecular flexibility index (Phi) is 7.29. The Bertz CT molecular complexity index is 754. The van der Waals surface area contributed by atoms with Crippen LogP contribution in [0.25, 0.3) is 0 Å². The standard InChI is InChI=1S/C22H27N3O3/c26-21(25-15-6-1-2-7-16-25)18-10-12-19(13-11-18)24-22(27)23-14-17-28-20-8-4-3-5-9-20/h3-5,8-13H,1-2,6-7,14-17H2,(H2,23,24,27). The van der Waals surface area contributed by atoms with Crippen molar-refractivity contribution in [2.24, 2.45) is 0 Å². The molecular weight excluding hydrogens is 354 g/mol. The van der Waals surface area contributed by atoms with Crippen LogP contribution in [0.2, 0.25) is 0 Å². The van der Waals surface area contributed by atoms with Crippen molar-refractivity contribution in [3.05, 3.63) is 60.2 Å². The molecule has 0 atom stereocenters. The van der Waals surface area contributed by atoms with Gasteiger partial charge >= 0.3 is 6.03 Å². The van der Waals surface area contributed by atoms with Crippen LogP contribution in [-0.4, -0.2) is 43.1 Å². The maximum absolute atomic E-state index is 12.6. The first-order valence-corrected chi connectivity index (χ1v) is 9.84. The predicted molar refractivity (Wildman–Crippen MR) is 110 cm³/mol. The Morgan fingerprint density at radius 2 is 1.57 bits per heavy atom. The highest BCUT2D eigenvalue weighted by Crippen LogP contribution is 2.15. The molecule has 148 valence electrons. The quantitative estimate of drug-likeness (QED) is 0.746. The molecular formula is C22H27N3O3. The van der Waals surface area contributed by atoms with Crippen LogP contribution in [0.4, 0.5) is 10.5 Å². The van der Waals surface area contributed by atoms with Gasteiger partial charge in [-0.15, -0.1) is 0 Å². The molecule has 0 aromatic heterocycles. The molecule has 0 saturated carbocycles. The van der Waals surface area contributed by atoms with Gasteiger partial charge in [0, 0.05) is 24.3 Å². The van der Waals surface area contributed by atoms with Crippen LogP contribution in [0.1, 0.15) is 36.0 Å². The van der Waals surface area contributed by atoms with Gasteiger partial charge in [-0.2, -0.15) is 0 Å². The Hall–Kier alpha value is -3.02. The largest absolute Gasteiger partial charge is 0.492 e. The van der Waals surface area contributed by atoms with Crippen molar-refractivity contribution >= 4 is 17.6 Å². The molecule has 1 aliphatic rings. The first-order chi connectivity index (χ1) is 13.7. The van der Waals surface area contributed by atoms with Gasteiger partial charge in [0.15, 0.2) is 0 Å². The molecule has 1 fully saturated rings. The average molecular weight is 381 g/mol. The molecule has 0 bridgehead atoms. The van der Waals surface area contributed by atoms with E-state index in [1.165, 1.54) is 12.8 Å². The van der Waals surface area contributed by atoms with Gasteiger partial charge in [-0.25, -0.2) is 4.79 Å². The smallest absolute Gasteiger partial charge is 0.319 e. The Labute approximate surface area is 165 Å². The lowest BCUT2D eigenvalue weighted by Gasteiger charge is -2.20. The molecule has 2 aromatic rings. The number of likely N-dealkylation sites (tertiary alicyclic amines) is 1. The fraction of sp³-hybridized carbons (Fsp3) is 0.364. The molecule has 0 aliphatic carbocycles. The van der Waals surface area contributed by atoms with Crippen molar-refractivity contribution in [3.8, 4) is 5.75 Å². The maximum Gasteiger partial charge on any atom is 0.319 e. The molecule has 2 aromatic carbocycles. The van der Waals surface area contributed by atoms with E-state index in [4.69, 9.17) is 4.74 Å². The number of benzene rings is 2. The normalized spacial score (nSPS) is 14.1. The zero-order chi connectivity index (χ0) is 19.6. The number of rotatable bonds is 6. The van der Waals surface area contributed by atoms with Gasteiger partial charge in [0.2, 0.25) is 0 Å². The van der Waals surface area contributed by atoms with Crippen LogP contribution in [0, 0.1) is 0 Å². The molecule has 1 saturated heterocycles. The molecule has 6 nitrogen and oxygen atoms in total. The van der Waals surface area contributed by atoms with Gasteiger partial charge in [0.05, 0.1) is 6.54 Å². The molecule has 3 amide bonds.